The molecule has 1 saturated carbocycles. The van der Waals surface area contributed by atoms with Crippen LogP contribution in [-0.2, 0) is 11.2 Å². The highest BCUT2D eigenvalue weighted by Crippen LogP contribution is 2.45. The van der Waals surface area contributed by atoms with Crippen molar-refractivity contribution in [1.29, 1.82) is 0 Å². The number of fused-ring (bicyclic) bond motifs is 4. The van der Waals surface area contributed by atoms with E-state index in [2.05, 4.69) is 41.4 Å². The summed E-state index contributed by atoms with van der Waals surface area (Å²) in [5.74, 6) is 2.20. The maximum Gasteiger partial charge on any atom is 0.243 e. The number of carbonyl (C=O) groups excluding carboxylic acids is 1. The summed E-state index contributed by atoms with van der Waals surface area (Å²) >= 11 is 0. The molecule has 10 nitrogen and oxygen atoms in total. The van der Waals surface area contributed by atoms with Gasteiger partial charge in [0, 0.05) is 57.4 Å². The van der Waals surface area contributed by atoms with E-state index in [9.17, 15) is 9.90 Å². The Bertz CT molecular complexity index is 1120. The Labute approximate surface area is 212 Å². The number of hydrogen-bond acceptors (Lipinski definition) is 9. The van der Waals surface area contributed by atoms with Crippen molar-refractivity contribution in [3.63, 3.8) is 0 Å². The second-order valence-electron chi connectivity index (χ2n) is 11.4. The van der Waals surface area contributed by atoms with Gasteiger partial charge in [-0.25, -0.2) is 9.97 Å². The molecule has 1 unspecified atom stereocenters. The zero-order valence-corrected chi connectivity index (χ0v) is 21.2. The first kappa shape index (κ1) is 23.4. The van der Waals surface area contributed by atoms with Crippen molar-refractivity contribution in [3.8, 4) is 0 Å². The van der Waals surface area contributed by atoms with Gasteiger partial charge in [-0.3, -0.25) is 9.69 Å². The van der Waals surface area contributed by atoms with Crippen LogP contribution in [0.1, 0.15) is 45.1 Å². The van der Waals surface area contributed by atoms with Gasteiger partial charge in [0.2, 0.25) is 11.9 Å². The summed E-state index contributed by atoms with van der Waals surface area (Å²) in [5.41, 5.74) is 1.44. The largest absolute Gasteiger partial charge is 0.389 e. The van der Waals surface area contributed by atoms with Crippen LogP contribution >= 0.6 is 0 Å². The zero-order chi connectivity index (χ0) is 24.9. The molecule has 0 bridgehead atoms. The molecule has 2 aromatic rings. The summed E-state index contributed by atoms with van der Waals surface area (Å²) in [7, 11) is 0. The molecule has 3 fully saturated rings. The average molecular weight is 493 g/mol. The van der Waals surface area contributed by atoms with Gasteiger partial charge < -0.3 is 25.5 Å². The molecule has 0 aromatic carbocycles. The molecule has 4 aliphatic rings. The van der Waals surface area contributed by atoms with Crippen LogP contribution in [0.5, 0.6) is 0 Å². The van der Waals surface area contributed by atoms with E-state index in [1.807, 2.05) is 32.3 Å². The number of amides is 1. The number of nitrogens with zero attached hydrogens (tertiary/aromatic N) is 6. The lowest BCUT2D eigenvalue weighted by Gasteiger charge is -2.47. The molecule has 6 rings (SSSR count). The van der Waals surface area contributed by atoms with E-state index in [1.54, 1.807) is 0 Å². The minimum atomic E-state index is -0.671. The smallest absolute Gasteiger partial charge is 0.243 e. The number of rotatable bonds is 5. The Hall–Kier alpha value is -2.98. The second kappa shape index (κ2) is 8.85. The fourth-order valence-electron chi connectivity index (χ4n) is 6.40. The van der Waals surface area contributed by atoms with E-state index in [1.165, 1.54) is 12.8 Å². The molecule has 1 spiro atoms. The molecule has 3 aliphatic heterocycles. The third-order valence-corrected chi connectivity index (χ3v) is 8.07. The number of nitrogens with one attached hydrogen (secondary N) is 2. The molecular weight excluding hydrogens is 456 g/mol. The van der Waals surface area contributed by atoms with Crippen LogP contribution in [0.2, 0.25) is 0 Å². The Kier molecular flexibility index (Phi) is 5.75. The summed E-state index contributed by atoms with van der Waals surface area (Å²) in [6.45, 7) is 8.75. The number of piperazine rings is 2. The predicted molar refractivity (Wildman–Crippen MR) is 139 cm³/mol. The fraction of sp³-hybridized carbons (Fsp3) is 0.615. The van der Waals surface area contributed by atoms with Crippen molar-refractivity contribution in [2.75, 3.05) is 54.4 Å². The topological polar surface area (TPSA) is 110 Å². The first-order chi connectivity index (χ1) is 17.3. The van der Waals surface area contributed by atoms with Crippen LogP contribution in [-0.4, -0.2) is 87.3 Å². The van der Waals surface area contributed by atoms with Crippen LogP contribution in [0.25, 0.3) is 0 Å². The molecule has 36 heavy (non-hydrogen) atoms. The second-order valence-corrected chi connectivity index (χ2v) is 11.4. The van der Waals surface area contributed by atoms with Crippen molar-refractivity contribution in [3.05, 3.63) is 30.1 Å². The molecular formula is C26H36N8O2. The van der Waals surface area contributed by atoms with Crippen LogP contribution in [0.4, 0.5) is 23.3 Å². The standard InChI is InChI=1S/C26H36N8O2/c1-25(2,36)17-32-9-11-33(12-10-32)19-5-6-21(27-15-19)30-24-28-14-18-13-20-23(35)29-16-26(7-3-4-8-26)34(20)22(18)31-24/h5-6,14-15,20,36H,3-4,7-13,16-17H2,1-2H3,(H,29,35)(H,27,28,30,31). The zero-order valence-electron chi connectivity index (χ0n) is 21.2. The lowest BCUT2D eigenvalue weighted by Crippen LogP contribution is -2.66. The molecule has 2 aromatic heterocycles. The van der Waals surface area contributed by atoms with Gasteiger partial charge in [-0.2, -0.15) is 4.98 Å². The third-order valence-electron chi connectivity index (χ3n) is 8.07. The van der Waals surface area contributed by atoms with Gasteiger partial charge in [0.05, 0.1) is 23.0 Å². The highest BCUT2D eigenvalue weighted by atomic mass is 16.3. The Morgan fingerprint density at radius 3 is 2.61 bits per heavy atom. The SMILES string of the molecule is CC(C)(O)CN1CCN(c2ccc(Nc3ncc4c(n3)N3C(C4)C(=O)NCC34CCCC4)nc2)CC1. The van der Waals surface area contributed by atoms with Gasteiger partial charge in [-0.1, -0.05) is 12.8 Å². The quantitative estimate of drug-likeness (QED) is 0.574. The summed E-state index contributed by atoms with van der Waals surface area (Å²) in [4.78, 5) is 33.6. The fourth-order valence-corrected chi connectivity index (χ4v) is 6.40. The van der Waals surface area contributed by atoms with E-state index < -0.39 is 5.60 Å². The van der Waals surface area contributed by atoms with Crippen molar-refractivity contribution in [1.82, 2.24) is 25.2 Å². The highest BCUT2D eigenvalue weighted by Gasteiger charge is 2.52. The lowest BCUT2D eigenvalue weighted by atomic mass is 9.90. The van der Waals surface area contributed by atoms with Gasteiger partial charge in [0.25, 0.3) is 0 Å². The first-order valence-electron chi connectivity index (χ1n) is 13.2. The Morgan fingerprint density at radius 1 is 1.14 bits per heavy atom. The van der Waals surface area contributed by atoms with Gasteiger partial charge in [-0.15, -0.1) is 0 Å². The van der Waals surface area contributed by atoms with E-state index in [0.717, 1.165) is 56.1 Å². The van der Waals surface area contributed by atoms with Gasteiger partial charge >= 0.3 is 0 Å². The normalized spacial score (nSPS) is 23.5. The van der Waals surface area contributed by atoms with Gasteiger partial charge in [-0.05, 0) is 38.8 Å². The molecule has 3 N–H and O–H groups in total. The van der Waals surface area contributed by atoms with Crippen LogP contribution in [0, 0.1) is 0 Å². The average Bonchev–Trinajstić information content (AvgIpc) is 3.48. The summed E-state index contributed by atoms with van der Waals surface area (Å²) in [6, 6.07) is 3.86. The van der Waals surface area contributed by atoms with Gasteiger partial charge in [0.1, 0.15) is 17.7 Å². The molecule has 192 valence electrons. The molecule has 1 atom stereocenters. The summed E-state index contributed by atoms with van der Waals surface area (Å²) in [5, 5.41) is 16.5. The Morgan fingerprint density at radius 2 is 1.92 bits per heavy atom. The molecule has 1 amide bonds. The lowest BCUT2D eigenvalue weighted by molar-refractivity contribution is -0.124. The number of hydrogen-bond donors (Lipinski definition) is 3. The van der Waals surface area contributed by atoms with Crippen molar-refractivity contribution in [2.45, 2.75) is 63.1 Å². The summed E-state index contributed by atoms with van der Waals surface area (Å²) < 4.78 is 0. The monoisotopic (exact) mass is 492 g/mol. The van der Waals surface area contributed by atoms with Crippen molar-refractivity contribution < 1.29 is 9.90 Å². The van der Waals surface area contributed by atoms with E-state index in [-0.39, 0.29) is 17.5 Å². The van der Waals surface area contributed by atoms with Crippen molar-refractivity contribution >= 4 is 29.2 Å². The number of carbonyl (C=O) groups is 1. The first-order valence-corrected chi connectivity index (χ1v) is 13.2. The summed E-state index contributed by atoms with van der Waals surface area (Å²) in [6.07, 6.45) is 8.97. The predicted octanol–water partition coefficient (Wildman–Crippen LogP) is 1.68. The van der Waals surface area contributed by atoms with Gasteiger partial charge in [0.15, 0.2) is 0 Å². The molecule has 0 radical (unpaired) electrons. The molecule has 1 aliphatic carbocycles. The number of aromatic nitrogens is 3. The van der Waals surface area contributed by atoms with E-state index >= 15 is 0 Å². The Balaban J connectivity index is 1.14. The van der Waals surface area contributed by atoms with E-state index in [4.69, 9.17) is 4.98 Å². The highest BCUT2D eigenvalue weighted by molar-refractivity contribution is 5.90. The van der Waals surface area contributed by atoms with E-state index in [0.29, 0.717) is 31.3 Å². The molecule has 5 heterocycles. The van der Waals surface area contributed by atoms with Crippen LogP contribution in [0.15, 0.2) is 24.5 Å². The number of aliphatic hydroxyl groups is 1. The number of pyridine rings is 1. The maximum absolute atomic E-state index is 12.7. The number of β-amino-alcohol motifs (C(OH)–C–C–N with tert-alkyl or cyclic N) is 1. The maximum atomic E-state index is 12.7. The van der Waals surface area contributed by atoms with Crippen LogP contribution in [0.3, 0.4) is 0 Å². The molecule has 10 heteroatoms. The third kappa shape index (κ3) is 4.37. The minimum Gasteiger partial charge on any atom is -0.389 e. The molecule has 2 saturated heterocycles. The van der Waals surface area contributed by atoms with Crippen LogP contribution < -0.4 is 20.4 Å². The minimum absolute atomic E-state index is 0.0215. The number of anilines is 4. The van der Waals surface area contributed by atoms with Crippen molar-refractivity contribution in [2.24, 2.45) is 0 Å².